The normalized spacial score (nSPS) is 35.7. The van der Waals surface area contributed by atoms with Gasteiger partial charge in [-0.25, -0.2) is 0 Å². The Bertz CT molecular complexity index is 916. The van der Waals surface area contributed by atoms with Crippen LogP contribution in [-0.2, 0) is 33.3 Å². The molecule has 0 unspecified atom stereocenters. The van der Waals surface area contributed by atoms with Crippen LogP contribution in [0.4, 0.5) is 0 Å². The monoisotopic (exact) mass is 629 g/mol. The summed E-state index contributed by atoms with van der Waals surface area (Å²) in [5.41, 5.74) is 0. The van der Waals surface area contributed by atoms with Crippen molar-refractivity contribution < 1.29 is 79.3 Å². The van der Waals surface area contributed by atoms with Crippen molar-refractivity contribution in [3.8, 4) is 0 Å². The molecular weight excluding hydrogens is 586 g/mol. The van der Waals surface area contributed by atoms with Crippen LogP contribution >= 0.6 is 0 Å². The van der Waals surface area contributed by atoms with Gasteiger partial charge in [0.05, 0.1) is 32.5 Å². The third kappa shape index (κ3) is 9.44. The van der Waals surface area contributed by atoms with Crippen LogP contribution in [0.5, 0.6) is 0 Å². The van der Waals surface area contributed by atoms with Crippen LogP contribution in [0.1, 0.15) is 20.8 Å². The lowest BCUT2D eigenvalue weighted by atomic mass is 9.94. The summed E-state index contributed by atoms with van der Waals surface area (Å²) in [4.78, 5) is 35.6. The number of aliphatic hydroxyl groups excluding tert-OH is 9. The lowest BCUT2D eigenvalue weighted by Crippen LogP contribution is -2.70. The average Bonchev–Trinajstić information content (AvgIpc) is 2.95. The molecule has 19 heteroatoms. The van der Waals surface area contributed by atoms with Gasteiger partial charge in [-0.05, 0) is 0 Å². The molecular formula is C24H43N3O16. The van der Waals surface area contributed by atoms with E-state index in [1.54, 1.807) is 0 Å². The quantitative estimate of drug-likeness (QED) is 0.0849. The van der Waals surface area contributed by atoms with Crippen molar-refractivity contribution in [2.75, 3.05) is 26.4 Å². The Morgan fingerprint density at radius 3 is 1.74 bits per heavy atom. The van der Waals surface area contributed by atoms with Crippen LogP contribution in [0.2, 0.25) is 0 Å². The highest BCUT2D eigenvalue weighted by Crippen LogP contribution is 2.31. The standard InChI is InChI=1S/C24H43N3O16/c1-8(32)25-11(4-28)21(17(36)12(35)5-29)42-24-16(27-10(3)34)20(39)22(14(7-31)41-24)43-23-15(26-9(2)33)19(38)18(37)13(6-30)40-23/h11-24,28-31,35-39H,4-7H2,1-3H3,(H,25,32)(H,26,33)(H,27,34)/t11-,12+,13+,14+,15+,16+,17-,18-,19+,20+,21+,22+,23-,24-/m0/s1. The molecule has 0 saturated carbocycles. The Labute approximate surface area is 246 Å². The summed E-state index contributed by atoms with van der Waals surface area (Å²) >= 11 is 0. The molecule has 2 saturated heterocycles. The first kappa shape index (κ1) is 37.1. The van der Waals surface area contributed by atoms with E-state index in [0.717, 1.165) is 20.8 Å². The lowest BCUT2D eigenvalue weighted by Gasteiger charge is -2.49. The summed E-state index contributed by atoms with van der Waals surface area (Å²) < 4.78 is 22.9. The zero-order chi connectivity index (χ0) is 32.6. The second-order valence-electron chi connectivity index (χ2n) is 10.3. The zero-order valence-electron chi connectivity index (χ0n) is 23.8. The number of carbonyl (C=O) groups excluding carboxylic acids is 3. The Kier molecular flexibility index (Phi) is 14.5. The van der Waals surface area contributed by atoms with Crippen molar-refractivity contribution in [2.24, 2.45) is 0 Å². The van der Waals surface area contributed by atoms with E-state index in [1.807, 2.05) is 0 Å². The number of hydrogen-bond acceptors (Lipinski definition) is 16. The molecule has 0 aromatic rings. The smallest absolute Gasteiger partial charge is 0.217 e. The molecule has 14 atom stereocenters. The molecule has 2 aliphatic rings. The zero-order valence-corrected chi connectivity index (χ0v) is 23.8. The third-order valence-electron chi connectivity index (χ3n) is 6.96. The predicted octanol–water partition coefficient (Wildman–Crippen LogP) is -7.51. The molecule has 43 heavy (non-hydrogen) atoms. The Morgan fingerprint density at radius 2 is 1.28 bits per heavy atom. The molecule has 2 rings (SSSR count). The van der Waals surface area contributed by atoms with Gasteiger partial charge in [-0.3, -0.25) is 14.4 Å². The lowest BCUT2D eigenvalue weighted by molar-refractivity contribution is -0.340. The van der Waals surface area contributed by atoms with E-state index in [-0.39, 0.29) is 0 Å². The molecule has 0 aromatic carbocycles. The van der Waals surface area contributed by atoms with E-state index < -0.39 is 130 Å². The van der Waals surface area contributed by atoms with Crippen LogP contribution in [0.15, 0.2) is 0 Å². The van der Waals surface area contributed by atoms with Gasteiger partial charge >= 0.3 is 0 Å². The van der Waals surface area contributed by atoms with Gasteiger partial charge in [-0.15, -0.1) is 0 Å². The summed E-state index contributed by atoms with van der Waals surface area (Å²) in [5, 5.41) is 98.9. The first-order chi connectivity index (χ1) is 20.2. The molecule has 2 fully saturated rings. The largest absolute Gasteiger partial charge is 0.394 e. The molecule has 19 nitrogen and oxygen atoms in total. The fourth-order valence-corrected chi connectivity index (χ4v) is 4.87. The topological polar surface area (TPSA) is 306 Å². The highest BCUT2D eigenvalue weighted by molar-refractivity contribution is 5.74. The fraction of sp³-hybridized carbons (Fsp3) is 0.875. The number of hydrogen-bond donors (Lipinski definition) is 12. The first-order valence-corrected chi connectivity index (χ1v) is 13.5. The van der Waals surface area contributed by atoms with Gasteiger partial charge in [0.25, 0.3) is 0 Å². The van der Waals surface area contributed by atoms with E-state index in [9.17, 15) is 60.3 Å². The Balaban J connectivity index is 2.44. The number of carbonyl (C=O) groups is 3. The second kappa shape index (κ2) is 16.8. The SMILES string of the molecule is CC(=O)N[C@H]1[C@H](O[C@@H]([C@@H](O)[C@H](O)CO)[C@H](CO)NC(C)=O)O[C@H](CO)[C@@H](O[C@@H]2O[C@H](CO)[C@H](O)[C@H](O)[C@H]2NC(C)=O)[C@@H]1O. The van der Waals surface area contributed by atoms with Crippen LogP contribution < -0.4 is 16.0 Å². The molecule has 12 N–H and O–H groups in total. The number of nitrogens with one attached hydrogen (secondary N) is 3. The Morgan fingerprint density at radius 1 is 0.744 bits per heavy atom. The summed E-state index contributed by atoms with van der Waals surface area (Å²) in [7, 11) is 0. The van der Waals surface area contributed by atoms with E-state index >= 15 is 0 Å². The minimum atomic E-state index is -1.95. The summed E-state index contributed by atoms with van der Waals surface area (Å²) in [6.07, 6.45) is -18.6. The summed E-state index contributed by atoms with van der Waals surface area (Å²) in [6.45, 7) is -0.153. The molecule has 250 valence electrons. The average molecular weight is 630 g/mol. The van der Waals surface area contributed by atoms with Crippen LogP contribution in [0.3, 0.4) is 0 Å². The van der Waals surface area contributed by atoms with Gasteiger partial charge in [0.2, 0.25) is 17.7 Å². The Hall–Kier alpha value is -2.11. The van der Waals surface area contributed by atoms with Crippen LogP contribution in [0.25, 0.3) is 0 Å². The van der Waals surface area contributed by atoms with Crippen molar-refractivity contribution in [3.63, 3.8) is 0 Å². The van der Waals surface area contributed by atoms with Gasteiger partial charge in [-0.2, -0.15) is 0 Å². The van der Waals surface area contributed by atoms with Gasteiger partial charge in [0.1, 0.15) is 67.0 Å². The maximum atomic E-state index is 12.1. The van der Waals surface area contributed by atoms with Crippen LogP contribution in [-0.4, -0.2) is 176 Å². The van der Waals surface area contributed by atoms with E-state index in [4.69, 9.17) is 18.9 Å². The summed E-state index contributed by atoms with van der Waals surface area (Å²) in [5.74, 6) is -2.05. The molecule has 2 heterocycles. The molecule has 0 aromatic heterocycles. The van der Waals surface area contributed by atoms with Crippen molar-refractivity contribution in [3.05, 3.63) is 0 Å². The number of aliphatic hydroxyl groups is 9. The van der Waals surface area contributed by atoms with Gasteiger partial charge in [-0.1, -0.05) is 0 Å². The molecule has 0 bridgehead atoms. The first-order valence-electron chi connectivity index (χ1n) is 13.5. The second-order valence-corrected chi connectivity index (χ2v) is 10.3. The maximum Gasteiger partial charge on any atom is 0.217 e. The van der Waals surface area contributed by atoms with Crippen LogP contribution in [0, 0.1) is 0 Å². The van der Waals surface area contributed by atoms with Crippen molar-refractivity contribution >= 4 is 17.7 Å². The number of ether oxygens (including phenoxy) is 4. The highest BCUT2D eigenvalue weighted by Gasteiger charge is 2.53. The van der Waals surface area contributed by atoms with E-state index in [1.165, 1.54) is 0 Å². The fourth-order valence-electron chi connectivity index (χ4n) is 4.87. The van der Waals surface area contributed by atoms with Crippen molar-refractivity contribution in [2.45, 2.75) is 106 Å². The number of amides is 3. The number of rotatable bonds is 14. The van der Waals surface area contributed by atoms with E-state index in [0.29, 0.717) is 0 Å². The highest BCUT2D eigenvalue weighted by atomic mass is 16.7. The summed E-state index contributed by atoms with van der Waals surface area (Å²) in [6, 6.07) is -4.39. The van der Waals surface area contributed by atoms with E-state index in [2.05, 4.69) is 16.0 Å². The van der Waals surface area contributed by atoms with Crippen molar-refractivity contribution in [1.82, 2.24) is 16.0 Å². The van der Waals surface area contributed by atoms with Gasteiger partial charge in [0.15, 0.2) is 12.6 Å². The van der Waals surface area contributed by atoms with Gasteiger partial charge in [0, 0.05) is 20.8 Å². The molecule has 3 amide bonds. The van der Waals surface area contributed by atoms with Gasteiger partial charge < -0.3 is 80.9 Å². The third-order valence-corrected chi connectivity index (χ3v) is 6.96. The maximum absolute atomic E-state index is 12.1. The molecule has 0 radical (unpaired) electrons. The minimum Gasteiger partial charge on any atom is -0.394 e. The molecule has 2 aliphatic heterocycles. The minimum absolute atomic E-state index is 0.660. The van der Waals surface area contributed by atoms with Crippen molar-refractivity contribution in [1.29, 1.82) is 0 Å². The molecule has 0 aliphatic carbocycles. The predicted molar refractivity (Wildman–Crippen MR) is 138 cm³/mol. The molecule has 0 spiro atoms.